The number of nitrogens with zero attached hydrogens (tertiary/aromatic N) is 5. The largest absolute Gasteiger partial charge is 0.465 e. The molecule has 1 aromatic heterocycles. The van der Waals surface area contributed by atoms with Crippen LogP contribution in [-0.2, 0) is 24.4 Å². The number of fused-ring (bicyclic) bond motifs is 1. The fraction of sp³-hybridized carbons (Fsp3) is 0.360. The molecule has 2 aliphatic rings. The summed E-state index contributed by atoms with van der Waals surface area (Å²) in [5.74, 6) is 0.146. The van der Waals surface area contributed by atoms with Crippen molar-refractivity contribution in [3.05, 3.63) is 66.2 Å². The summed E-state index contributed by atoms with van der Waals surface area (Å²) >= 11 is 0. The van der Waals surface area contributed by atoms with Gasteiger partial charge >= 0.3 is 12.1 Å². The van der Waals surface area contributed by atoms with E-state index in [0.717, 1.165) is 41.4 Å². The lowest BCUT2D eigenvalue weighted by Crippen LogP contribution is -2.38. The molecule has 176 valence electrons. The first-order valence-electron chi connectivity index (χ1n) is 11.5. The Kier molecular flexibility index (Phi) is 5.91. The molecule has 2 aliphatic heterocycles. The van der Waals surface area contributed by atoms with Crippen LogP contribution in [0, 0.1) is 5.92 Å². The van der Waals surface area contributed by atoms with Crippen molar-refractivity contribution >= 4 is 28.8 Å². The van der Waals surface area contributed by atoms with Crippen LogP contribution in [0.15, 0.2) is 55.0 Å². The maximum atomic E-state index is 13.1. The van der Waals surface area contributed by atoms with Crippen LogP contribution >= 0.6 is 0 Å². The molecule has 4 amide bonds. The third-order valence-corrected chi connectivity index (χ3v) is 6.83. The van der Waals surface area contributed by atoms with E-state index in [1.54, 1.807) is 17.4 Å². The number of amides is 4. The van der Waals surface area contributed by atoms with Crippen molar-refractivity contribution in [2.24, 2.45) is 5.92 Å². The third-order valence-electron chi connectivity index (χ3n) is 6.83. The van der Waals surface area contributed by atoms with Crippen molar-refractivity contribution in [2.45, 2.75) is 32.5 Å². The van der Waals surface area contributed by atoms with Gasteiger partial charge in [0.15, 0.2) is 0 Å². The van der Waals surface area contributed by atoms with E-state index in [1.165, 1.54) is 9.80 Å². The van der Waals surface area contributed by atoms with E-state index < -0.39 is 6.09 Å². The molecule has 0 saturated carbocycles. The molecule has 34 heavy (non-hydrogen) atoms. The number of carboxylic acid groups (broad SMARTS) is 1. The Hall–Kier alpha value is -3.88. The molecule has 9 nitrogen and oxygen atoms in total. The molecule has 5 rings (SSSR count). The third kappa shape index (κ3) is 4.33. The number of hydrogen-bond acceptors (Lipinski definition) is 4. The monoisotopic (exact) mass is 461 g/mol. The van der Waals surface area contributed by atoms with Gasteiger partial charge in [-0.2, -0.15) is 0 Å². The molecule has 2 aromatic carbocycles. The van der Waals surface area contributed by atoms with Crippen LogP contribution in [0.4, 0.5) is 9.59 Å². The number of aromatic nitrogens is 2. The maximum absolute atomic E-state index is 13.1. The number of rotatable bonds is 6. The highest BCUT2D eigenvalue weighted by molar-refractivity contribution is 6.02. The number of piperidine rings is 1. The van der Waals surface area contributed by atoms with E-state index in [0.29, 0.717) is 25.6 Å². The molecule has 0 spiro atoms. The number of likely N-dealkylation sites (tertiary alicyclic amines) is 1. The van der Waals surface area contributed by atoms with Gasteiger partial charge in [-0.05, 0) is 35.1 Å². The first-order chi connectivity index (χ1) is 16.5. The zero-order valence-electron chi connectivity index (χ0n) is 18.8. The number of hydrogen-bond donors (Lipinski definition) is 1. The van der Waals surface area contributed by atoms with Gasteiger partial charge in [-0.15, -0.1) is 0 Å². The van der Waals surface area contributed by atoms with Gasteiger partial charge in [-0.25, -0.2) is 14.6 Å². The number of urea groups is 1. The van der Waals surface area contributed by atoms with Gasteiger partial charge in [0.25, 0.3) is 5.91 Å². The van der Waals surface area contributed by atoms with E-state index in [4.69, 9.17) is 5.11 Å². The molecule has 1 N–H and O–H groups in total. The summed E-state index contributed by atoms with van der Waals surface area (Å²) in [7, 11) is 0. The zero-order chi connectivity index (χ0) is 23.7. The second-order valence-electron chi connectivity index (χ2n) is 9.01. The minimum absolute atomic E-state index is 0.0474. The van der Waals surface area contributed by atoms with E-state index in [9.17, 15) is 14.4 Å². The highest BCUT2D eigenvalue weighted by Crippen LogP contribution is 2.24. The summed E-state index contributed by atoms with van der Waals surface area (Å²) in [5, 5.41) is 11.3. The molecular weight excluding hydrogens is 434 g/mol. The second-order valence-corrected chi connectivity index (χ2v) is 9.01. The van der Waals surface area contributed by atoms with Crippen molar-refractivity contribution in [2.75, 3.05) is 19.6 Å². The summed E-state index contributed by atoms with van der Waals surface area (Å²) in [6.45, 7) is 2.39. The SMILES string of the molecule is O=C(O)N1CCC(Cn2cncc2CN2CC(=O)N(Cc3cccc4ccccc34)C2=O)CC1. The number of imidazole rings is 1. The molecule has 3 aromatic rings. The molecule has 0 bridgehead atoms. The molecule has 3 heterocycles. The van der Waals surface area contributed by atoms with Crippen LogP contribution in [0.5, 0.6) is 0 Å². The number of imide groups is 1. The zero-order valence-corrected chi connectivity index (χ0v) is 18.8. The average Bonchev–Trinajstić information content (AvgIpc) is 3.38. The summed E-state index contributed by atoms with van der Waals surface area (Å²) in [4.78, 5) is 45.6. The molecule has 2 saturated heterocycles. The Labute approximate surface area is 197 Å². The van der Waals surface area contributed by atoms with Crippen LogP contribution in [0.25, 0.3) is 10.8 Å². The van der Waals surface area contributed by atoms with Gasteiger partial charge in [0.05, 0.1) is 25.1 Å². The highest BCUT2D eigenvalue weighted by Gasteiger charge is 2.36. The van der Waals surface area contributed by atoms with Gasteiger partial charge in [0.1, 0.15) is 6.54 Å². The Morgan fingerprint density at radius 1 is 1.03 bits per heavy atom. The molecule has 2 fully saturated rings. The van der Waals surface area contributed by atoms with Crippen molar-refractivity contribution in [1.29, 1.82) is 0 Å². The smallest absolute Gasteiger partial charge is 0.407 e. The van der Waals surface area contributed by atoms with E-state index >= 15 is 0 Å². The summed E-state index contributed by atoms with van der Waals surface area (Å²) < 4.78 is 2.02. The molecular formula is C25H27N5O4. The topological polar surface area (TPSA) is 99.0 Å². The van der Waals surface area contributed by atoms with Crippen molar-refractivity contribution in [3.8, 4) is 0 Å². The lowest BCUT2D eigenvalue weighted by Gasteiger charge is -2.30. The molecule has 0 unspecified atom stereocenters. The lowest BCUT2D eigenvalue weighted by atomic mass is 9.97. The summed E-state index contributed by atoms with van der Waals surface area (Å²) in [6, 6.07) is 13.6. The predicted molar refractivity (Wildman–Crippen MR) is 125 cm³/mol. The molecule has 9 heteroatoms. The van der Waals surface area contributed by atoms with Crippen molar-refractivity contribution in [3.63, 3.8) is 0 Å². The number of carbonyl (C=O) groups is 3. The van der Waals surface area contributed by atoms with Gasteiger partial charge in [0.2, 0.25) is 0 Å². The standard InChI is InChI=1S/C25H27N5O4/c31-23-16-28(24(32)30(23)14-20-6-3-5-19-4-1-2-7-22(19)20)15-21-12-26-17-29(21)13-18-8-10-27(11-9-18)25(33)34/h1-7,12,17-18H,8-11,13-16H2,(H,33,34). The predicted octanol–water partition coefficient (Wildman–Crippen LogP) is 3.39. The van der Waals surface area contributed by atoms with Gasteiger partial charge in [-0.1, -0.05) is 42.5 Å². The molecule has 0 radical (unpaired) electrons. The average molecular weight is 462 g/mol. The Morgan fingerprint density at radius 2 is 1.79 bits per heavy atom. The van der Waals surface area contributed by atoms with Gasteiger partial charge in [-0.3, -0.25) is 9.69 Å². The first-order valence-corrected chi connectivity index (χ1v) is 11.5. The van der Waals surface area contributed by atoms with E-state index in [2.05, 4.69) is 4.98 Å². The van der Waals surface area contributed by atoms with E-state index in [-0.39, 0.29) is 25.0 Å². The number of benzene rings is 2. The van der Waals surface area contributed by atoms with Crippen molar-refractivity contribution in [1.82, 2.24) is 24.3 Å². The quantitative estimate of drug-likeness (QED) is 0.568. The van der Waals surface area contributed by atoms with Crippen LogP contribution in [0.2, 0.25) is 0 Å². The van der Waals surface area contributed by atoms with Crippen LogP contribution < -0.4 is 0 Å². The fourth-order valence-electron chi connectivity index (χ4n) is 4.90. The Morgan fingerprint density at radius 3 is 2.59 bits per heavy atom. The minimum Gasteiger partial charge on any atom is -0.465 e. The summed E-state index contributed by atoms with van der Waals surface area (Å²) in [5.41, 5.74) is 1.81. The Balaban J connectivity index is 1.24. The lowest BCUT2D eigenvalue weighted by molar-refractivity contribution is -0.125. The van der Waals surface area contributed by atoms with Crippen molar-refractivity contribution < 1.29 is 19.5 Å². The fourth-order valence-corrected chi connectivity index (χ4v) is 4.90. The molecule has 0 atom stereocenters. The maximum Gasteiger partial charge on any atom is 0.407 e. The van der Waals surface area contributed by atoms with Crippen LogP contribution in [-0.4, -0.2) is 67.0 Å². The first kappa shape index (κ1) is 21.9. The Bertz CT molecular complexity index is 1230. The van der Waals surface area contributed by atoms with Gasteiger partial charge < -0.3 is 19.5 Å². The van der Waals surface area contributed by atoms with Gasteiger partial charge in [0, 0.05) is 25.8 Å². The van der Waals surface area contributed by atoms with Crippen LogP contribution in [0.1, 0.15) is 24.1 Å². The summed E-state index contributed by atoms with van der Waals surface area (Å²) in [6.07, 6.45) is 4.20. The van der Waals surface area contributed by atoms with Crippen LogP contribution in [0.3, 0.4) is 0 Å². The highest BCUT2D eigenvalue weighted by atomic mass is 16.4. The minimum atomic E-state index is -0.868. The van der Waals surface area contributed by atoms with E-state index in [1.807, 2.05) is 47.0 Å². The molecule has 0 aliphatic carbocycles. The number of carbonyl (C=O) groups excluding carboxylic acids is 2. The normalized spacial score (nSPS) is 17.2. The second kappa shape index (κ2) is 9.17.